The average molecular weight is 338 g/mol. The van der Waals surface area contributed by atoms with E-state index in [4.69, 9.17) is 9.73 Å². The lowest BCUT2D eigenvalue weighted by atomic mass is 10.1. The van der Waals surface area contributed by atoms with Crippen LogP contribution in [0.1, 0.15) is 18.2 Å². The van der Waals surface area contributed by atoms with Crippen molar-refractivity contribution in [3.63, 3.8) is 0 Å². The molecule has 0 fully saturated rings. The van der Waals surface area contributed by atoms with Crippen LogP contribution < -0.4 is 9.54 Å². The molecule has 0 bridgehead atoms. The normalized spacial score (nSPS) is 11.7. The molecule has 1 aromatic heterocycles. The van der Waals surface area contributed by atoms with Crippen LogP contribution in [0.3, 0.4) is 0 Å². The highest BCUT2D eigenvalue weighted by Crippen LogP contribution is 2.18. The van der Waals surface area contributed by atoms with Crippen LogP contribution in [0.5, 0.6) is 5.75 Å². The number of hydrogen-bond donors (Lipinski definition) is 0. The molecular weight excluding hydrogens is 316 g/mol. The summed E-state index contributed by atoms with van der Waals surface area (Å²) in [5, 5.41) is 2.17. The molecule has 0 unspecified atom stereocenters. The Labute approximate surface area is 146 Å². The van der Waals surface area contributed by atoms with E-state index in [1.165, 1.54) is 11.3 Å². The van der Waals surface area contributed by atoms with Crippen molar-refractivity contribution >= 4 is 17.0 Å². The monoisotopic (exact) mass is 338 g/mol. The van der Waals surface area contributed by atoms with Crippen LogP contribution in [-0.4, -0.2) is 11.2 Å². The van der Waals surface area contributed by atoms with Crippen molar-refractivity contribution in [2.45, 2.75) is 26.8 Å². The zero-order valence-corrected chi connectivity index (χ0v) is 14.9. The number of ether oxygens (including phenoxy) is 1. The lowest BCUT2D eigenvalue weighted by Gasteiger charge is -2.06. The van der Waals surface area contributed by atoms with Crippen molar-refractivity contribution in [3.05, 3.63) is 76.0 Å². The Morgan fingerprint density at radius 2 is 1.79 bits per heavy atom. The Hall–Kier alpha value is -2.33. The van der Waals surface area contributed by atoms with E-state index in [0.717, 1.165) is 29.2 Å². The van der Waals surface area contributed by atoms with E-state index in [0.29, 0.717) is 6.61 Å². The van der Waals surface area contributed by atoms with Crippen molar-refractivity contribution in [1.29, 1.82) is 0 Å². The van der Waals surface area contributed by atoms with Gasteiger partial charge in [0.15, 0.2) is 4.80 Å². The molecule has 0 atom stereocenters. The summed E-state index contributed by atoms with van der Waals surface area (Å²) in [5.41, 5.74) is 3.55. The van der Waals surface area contributed by atoms with Gasteiger partial charge in [0.2, 0.25) is 0 Å². The minimum Gasteiger partial charge on any atom is -0.494 e. The molecule has 0 spiro atoms. The van der Waals surface area contributed by atoms with E-state index in [1.54, 1.807) is 11.3 Å². The summed E-state index contributed by atoms with van der Waals surface area (Å²) in [4.78, 5) is 5.84. The molecule has 3 nitrogen and oxygen atoms in total. The minimum atomic E-state index is 0.681. The van der Waals surface area contributed by atoms with Gasteiger partial charge in [0.05, 0.1) is 12.3 Å². The number of hydrogen-bond acceptors (Lipinski definition) is 3. The highest BCUT2D eigenvalue weighted by atomic mass is 32.1. The topological polar surface area (TPSA) is 26.5 Å². The van der Waals surface area contributed by atoms with E-state index in [-0.39, 0.29) is 0 Å². The molecule has 3 rings (SSSR count). The van der Waals surface area contributed by atoms with Gasteiger partial charge < -0.3 is 9.30 Å². The Kier molecular flexibility index (Phi) is 5.49. The van der Waals surface area contributed by atoms with E-state index >= 15 is 0 Å². The van der Waals surface area contributed by atoms with Crippen molar-refractivity contribution in [2.75, 3.05) is 6.61 Å². The summed E-state index contributed by atoms with van der Waals surface area (Å²) in [6.45, 7) is 5.75. The summed E-state index contributed by atoms with van der Waals surface area (Å²) in [6, 6.07) is 18.5. The first-order valence-corrected chi connectivity index (χ1v) is 9.10. The Balaban J connectivity index is 1.81. The van der Waals surface area contributed by atoms with Crippen LogP contribution in [0, 0.1) is 6.92 Å². The standard InChI is InChI=1S/C20H22N2OS/c1-3-23-19-11-9-18(10-12-19)21-20-22(16(2)15-24-20)14-13-17-7-5-4-6-8-17/h4-12,15H,3,13-14H2,1-2H3. The Bertz CT molecular complexity index is 832. The predicted molar refractivity (Wildman–Crippen MR) is 100 cm³/mol. The molecule has 0 N–H and O–H groups in total. The second-order valence-corrected chi connectivity index (χ2v) is 6.42. The largest absolute Gasteiger partial charge is 0.494 e. The summed E-state index contributed by atoms with van der Waals surface area (Å²) in [5.74, 6) is 0.885. The fourth-order valence-corrected chi connectivity index (χ4v) is 3.48. The van der Waals surface area contributed by atoms with Crippen LogP contribution >= 0.6 is 11.3 Å². The van der Waals surface area contributed by atoms with E-state index in [2.05, 4.69) is 47.2 Å². The molecule has 124 valence electrons. The first-order chi connectivity index (χ1) is 11.8. The fourth-order valence-electron chi connectivity index (χ4n) is 2.55. The molecule has 24 heavy (non-hydrogen) atoms. The van der Waals surface area contributed by atoms with Crippen molar-refractivity contribution in [2.24, 2.45) is 4.99 Å². The van der Waals surface area contributed by atoms with E-state index in [1.807, 2.05) is 31.2 Å². The molecular formula is C20H22N2OS. The third kappa shape index (κ3) is 4.15. The Morgan fingerprint density at radius 3 is 2.50 bits per heavy atom. The van der Waals surface area contributed by atoms with E-state index < -0.39 is 0 Å². The second kappa shape index (κ2) is 7.97. The molecule has 0 aliphatic carbocycles. The maximum absolute atomic E-state index is 5.48. The first kappa shape index (κ1) is 16.5. The van der Waals surface area contributed by atoms with Gasteiger partial charge in [-0.2, -0.15) is 0 Å². The fraction of sp³-hybridized carbons (Fsp3) is 0.250. The SMILES string of the molecule is CCOc1ccc(N=c2scc(C)n2CCc2ccccc2)cc1. The minimum absolute atomic E-state index is 0.681. The zero-order valence-electron chi connectivity index (χ0n) is 14.1. The lowest BCUT2D eigenvalue weighted by molar-refractivity contribution is 0.340. The average Bonchev–Trinajstić information content (AvgIpc) is 2.96. The van der Waals surface area contributed by atoms with Crippen molar-refractivity contribution < 1.29 is 4.74 Å². The van der Waals surface area contributed by atoms with Gasteiger partial charge >= 0.3 is 0 Å². The van der Waals surface area contributed by atoms with Gasteiger partial charge in [-0.3, -0.25) is 0 Å². The summed E-state index contributed by atoms with van der Waals surface area (Å²) >= 11 is 1.69. The maximum Gasteiger partial charge on any atom is 0.190 e. The van der Waals surface area contributed by atoms with Gasteiger partial charge in [0, 0.05) is 17.6 Å². The third-order valence-electron chi connectivity index (χ3n) is 3.83. The second-order valence-electron chi connectivity index (χ2n) is 5.59. The van der Waals surface area contributed by atoms with Crippen LogP contribution in [0.25, 0.3) is 0 Å². The molecule has 1 heterocycles. The number of benzene rings is 2. The molecule has 0 aliphatic heterocycles. The van der Waals surface area contributed by atoms with Crippen molar-refractivity contribution in [3.8, 4) is 5.75 Å². The third-order valence-corrected chi connectivity index (χ3v) is 4.81. The number of thiazole rings is 1. The van der Waals surface area contributed by atoms with Gasteiger partial charge in [-0.05, 0) is 50.1 Å². The quantitative estimate of drug-likeness (QED) is 0.638. The molecule has 0 aliphatic rings. The molecule has 0 amide bonds. The van der Waals surface area contributed by atoms with Crippen LogP contribution in [0.4, 0.5) is 5.69 Å². The van der Waals surface area contributed by atoms with Crippen LogP contribution in [0.2, 0.25) is 0 Å². The summed E-state index contributed by atoms with van der Waals surface area (Å²) < 4.78 is 7.77. The molecule has 3 aromatic rings. The number of aromatic nitrogens is 1. The highest BCUT2D eigenvalue weighted by Gasteiger charge is 2.02. The highest BCUT2D eigenvalue weighted by molar-refractivity contribution is 7.07. The van der Waals surface area contributed by atoms with Gasteiger partial charge in [-0.1, -0.05) is 30.3 Å². The summed E-state index contributed by atoms with van der Waals surface area (Å²) in [7, 11) is 0. The lowest BCUT2D eigenvalue weighted by Crippen LogP contribution is -2.17. The Morgan fingerprint density at radius 1 is 1.04 bits per heavy atom. The smallest absolute Gasteiger partial charge is 0.190 e. The van der Waals surface area contributed by atoms with Gasteiger partial charge in [-0.15, -0.1) is 11.3 Å². The number of nitrogens with zero attached hydrogens (tertiary/aromatic N) is 2. The van der Waals surface area contributed by atoms with Gasteiger partial charge in [0.25, 0.3) is 0 Å². The summed E-state index contributed by atoms with van der Waals surface area (Å²) in [6.07, 6.45) is 1.01. The molecule has 0 saturated heterocycles. The number of aryl methyl sites for hydroxylation is 2. The molecule has 2 aromatic carbocycles. The maximum atomic E-state index is 5.48. The molecule has 4 heteroatoms. The predicted octanol–water partition coefficient (Wildman–Crippen LogP) is 4.73. The van der Waals surface area contributed by atoms with E-state index in [9.17, 15) is 0 Å². The van der Waals surface area contributed by atoms with Gasteiger partial charge in [0.1, 0.15) is 5.75 Å². The first-order valence-electron chi connectivity index (χ1n) is 8.22. The van der Waals surface area contributed by atoms with Gasteiger partial charge in [-0.25, -0.2) is 4.99 Å². The van der Waals surface area contributed by atoms with Crippen LogP contribution in [-0.2, 0) is 13.0 Å². The zero-order chi connectivity index (χ0) is 16.8. The van der Waals surface area contributed by atoms with Crippen LogP contribution in [0.15, 0.2) is 65.0 Å². The molecule has 0 radical (unpaired) electrons. The molecule has 0 saturated carbocycles. The number of rotatable bonds is 6. The van der Waals surface area contributed by atoms with Crippen molar-refractivity contribution in [1.82, 2.24) is 4.57 Å².